The molecule has 1 fully saturated rings. The Morgan fingerprint density at radius 3 is 2.38 bits per heavy atom. The van der Waals surface area contributed by atoms with Crippen LogP contribution < -0.4 is 5.32 Å². The lowest BCUT2D eigenvalue weighted by Gasteiger charge is -2.08. The second kappa shape index (κ2) is 6.80. The zero-order valence-electron chi connectivity index (χ0n) is 14.1. The van der Waals surface area contributed by atoms with Gasteiger partial charge in [-0.15, -0.1) is 0 Å². The van der Waals surface area contributed by atoms with E-state index in [0.29, 0.717) is 34.2 Å². The highest BCUT2D eigenvalue weighted by Gasteiger charge is 2.40. The molecule has 0 saturated heterocycles. The average Bonchev–Trinajstić information content (AvgIpc) is 3.45. The number of rotatable bonds is 4. The van der Waals surface area contributed by atoms with Gasteiger partial charge in [0.05, 0.1) is 10.7 Å². The molecule has 1 aromatic carbocycles. The van der Waals surface area contributed by atoms with Crippen molar-refractivity contribution in [2.45, 2.75) is 25.2 Å². The molecule has 7 heteroatoms. The van der Waals surface area contributed by atoms with E-state index in [9.17, 15) is 4.79 Å². The van der Waals surface area contributed by atoms with Crippen molar-refractivity contribution >= 4 is 23.2 Å². The van der Waals surface area contributed by atoms with Crippen molar-refractivity contribution in [1.82, 2.24) is 19.9 Å². The Morgan fingerprint density at radius 2 is 1.69 bits per heavy atom. The maximum atomic E-state index is 11.3. The van der Waals surface area contributed by atoms with Crippen molar-refractivity contribution in [3.63, 3.8) is 0 Å². The number of halogens is 1. The highest BCUT2D eigenvalue weighted by atomic mass is 35.5. The van der Waals surface area contributed by atoms with Gasteiger partial charge in [0.15, 0.2) is 11.6 Å². The summed E-state index contributed by atoms with van der Waals surface area (Å²) in [6, 6.07) is 7.53. The molecular weight excluding hydrogens is 350 g/mol. The molecule has 1 aliphatic carbocycles. The summed E-state index contributed by atoms with van der Waals surface area (Å²) >= 11 is 6.15. The van der Waals surface area contributed by atoms with E-state index in [1.54, 1.807) is 18.5 Å². The summed E-state index contributed by atoms with van der Waals surface area (Å²) in [6.45, 7) is 1.47. The van der Waals surface area contributed by atoms with Crippen molar-refractivity contribution in [1.29, 1.82) is 0 Å². The molecule has 0 spiro atoms. The van der Waals surface area contributed by atoms with Crippen LogP contribution in [0.3, 0.4) is 0 Å². The number of anilines is 1. The van der Waals surface area contributed by atoms with Gasteiger partial charge in [-0.05, 0) is 47.6 Å². The molecule has 1 aliphatic rings. The molecule has 4 rings (SSSR count). The van der Waals surface area contributed by atoms with Crippen molar-refractivity contribution in [3.05, 3.63) is 65.2 Å². The Kier molecular flexibility index (Phi) is 4.34. The van der Waals surface area contributed by atoms with Gasteiger partial charge in [0.25, 0.3) is 0 Å². The second-order valence-corrected chi connectivity index (χ2v) is 6.69. The van der Waals surface area contributed by atoms with Crippen LogP contribution in [-0.2, 0) is 4.79 Å². The van der Waals surface area contributed by atoms with Gasteiger partial charge in [-0.25, -0.2) is 19.9 Å². The van der Waals surface area contributed by atoms with Gasteiger partial charge < -0.3 is 5.32 Å². The quantitative estimate of drug-likeness (QED) is 0.760. The number of carbonyl (C=O) groups is 1. The largest absolute Gasteiger partial charge is 0.325 e. The Morgan fingerprint density at radius 1 is 1.04 bits per heavy atom. The molecule has 0 bridgehead atoms. The number of aromatic nitrogens is 4. The summed E-state index contributed by atoms with van der Waals surface area (Å²) in [7, 11) is 0. The monoisotopic (exact) mass is 365 g/mol. The Bertz CT molecular complexity index is 946. The SMILES string of the molecule is CC(=O)Nc1cc([C@@H]2C[C@@H]2c2cnc(-c3ncccn3)nc2)ccc1Cl. The first-order valence-electron chi connectivity index (χ1n) is 8.28. The summed E-state index contributed by atoms with van der Waals surface area (Å²) < 4.78 is 0. The van der Waals surface area contributed by atoms with Crippen molar-refractivity contribution in [2.75, 3.05) is 5.32 Å². The zero-order valence-corrected chi connectivity index (χ0v) is 14.8. The van der Waals surface area contributed by atoms with E-state index in [1.807, 2.05) is 30.6 Å². The number of nitrogens with zero attached hydrogens (tertiary/aromatic N) is 4. The van der Waals surface area contributed by atoms with Gasteiger partial charge >= 0.3 is 0 Å². The van der Waals surface area contributed by atoms with E-state index in [-0.39, 0.29) is 5.91 Å². The Balaban J connectivity index is 1.51. The van der Waals surface area contributed by atoms with E-state index in [0.717, 1.165) is 17.5 Å². The number of nitrogens with one attached hydrogen (secondary N) is 1. The van der Waals surface area contributed by atoms with Crippen LogP contribution in [-0.4, -0.2) is 25.8 Å². The lowest BCUT2D eigenvalue weighted by molar-refractivity contribution is -0.114. The topological polar surface area (TPSA) is 80.7 Å². The fourth-order valence-corrected chi connectivity index (χ4v) is 3.22. The molecule has 0 aliphatic heterocycles. The number of carbonyl (C=O) groups excluding carboxylic acids is 1. The third kappa shape index (κ3) is 3.41. The van der Waals surface area contributed by atoms with Gasteiger partial charge in [-0.2, -0.15) is 0 Å². The fraction of sp³-hybridized carbons (Fsp3) is 0.211. The Hall–Kier alpha value is -2.86. The predicted molar refractivity (Wildman–Crippen MR) is 98.9 cm³/mol. The van der Waals surface area contributed by atoms with Gasteiger partial charge in [0, 0.05) is 31.7 Å². The molecule has 1 amide bonds. The highest BCUT2D eigenvalue weighted by molar-refractivity contribution is 6.33. The summed E-state index contributed by atoms with van der Waals surface area (Å²) in [6.07, 6.45) is 8.04. The third-order valence-corrected chi connectivity index (χ3v) is 4.72. The number of benzene rings is 1. The van der Waals surface area contributed by atoms with Crippen LogP contribution in [0.15, 0.2) is 49.1 Å². The van der Waals surface area contributed by atoms with Crippen molar-refractivity contribution in [3.8, 4) is 11.6 Å². The second-order valence-electron chi connectivity index (χ2n) is 6.28. The molecule has 2 aromatic heterocycles. The third-order valence-electron chi connectivity index (χ3n) is 4.39. The minimum Gasteiger partial charge on any atom is -0.325 e. The molecular formula is C19H16ClN5O. The summed E-state index contributed by atoms with van der Waals surface area (Å²) in [5, 5.41) is 3.31. The van der Waals surface area contributed by atoms with E-state index in [1.165, 1.54) is 6.92 Å². The van der Waals surface area contributed by atoms with E-state index < -0.39 is 0 Å². The summed E-state index contributed by atoms with van der Waals surface area (Å²) in [5.74, 6) is 1.65. The molecule has 3 aromatic rings. The van der Waals surface area contributed by atoms with Crippen LogP contribution in [0, 0.1) is 0 Å². The molecule has 0 radical (unpaired) electrons. The first-order chi connectivity index (χ1) is 12.6. The molecule has 26 heavy (non-hydrogen) atoms. The molecule has 130 valence electrons. The lowest BCUT2D eigenvalue weighted by atomic mass is 10.1. The van der Waals surface area contributed by atoms with Crippen LogP contribution >= 0.6 is 11.6 Å². The fourth-order valence-electron chi connectivity index (χ4n) is 3.05. The molecule has 6 nitrogen and oxygen atoms in total. The number of amides is 1. The molecule has 1 saturated carbocycles. The van der Waals surface area contributed by atoms with Gasteiger partial charge in [0.1, 0.15) is 0 Å². The normalized spacial score (nSPS) is 18.4. The van der Waals surface area contributed by atoms with Gasteiger partial charge in [-0.1, -0.05) is 17.7 Å². The molecule has 2 atom stereocenters. The zero-order chi connectivity index (χ0) is 18.1. The maximum Gasteiger partial charge on any atom is 0.221 e. The van der Waals surface area contributed by atoms with E-state index in [2.05, 4.69) is 25.3 Å². The van der Waals surface area contributed by atoms with Gasteiger partial charge in [-0.3, -0.25) is 4.79 Å². The van der Waals surface area contributed by atoms with Crippen LogP contribution in [0.25, 0.3) is 11.6 Å². The molecule has 2 heterocycles. The molecule has 0 unspecified atom stereocenters. The Labute approximate surface area is 155 Å². The van der Waals surface area contributed by atoms with E-state index >= 15 is 0 Å². The maximum absolute atomic E-state index is 11.3. The minimum absolute atomic E-state index is 0.136. The van der Waals surface area contributed by atoms with Crippen LogP contribution in [0.4, 0.5) is 5.69 Å². The first-order valence-corrected chi connectivity index (χ1v) is 8.66. The van der Waals surface area contributed by atoms with Crippen LogP contribution in [0.2, 0.25) is 5.02 Å². The average molecular weight is 366 g/mol. The van der Waals surface area contributed by atoms with Crippen LogP contribution in [0.5, 0.6) is 0 Å². The number of hydrogen-bond acceptors (Lipinski definition) is 5. The van der Waals surface area contributed by atoms with Crippen molar-refractivity contribution < 1.29 is 4.79 Å². The highest BCUT2D eigenvalue weighted by Crippen LogP contribution is 2.55. The summed E-state index contributed by atoms with van der Waals surface area (Å²) in [5.41, 5.74) is 2.89. The van der Waals surface area contributed by atoms with Crippen LogP contribution in [0.1, 0.15) is 36.3 Å². The van der Waals surface area contributed by atoms with Crippen molar-refractivity contribution in [2.24, 2.45) is 0 Å². The lowest BCUT2D eigenvalue weighted by Crippen LogP contribution is -2.06. The van der Waals surface area contributed by atoms with E-state index in [4.69, 9.17) is 11.6 Å². The predicted octanol–water partition coefficient (Wildman–Crippen LogP) is 3.82. The number of hydrogen-bond donors (Lipinski definition) is 1. The minimum atomic E-state index is -0.136. The standard InChI is InChI=1S/C19H16ClN5O/c1-11(26)25-17-7-12(3-4-16(17)20)14-8-15(14)13-9-23-19(24-10-13)18-21-5-2-6-22-18/h2-7,9-10,14-15H,8H2,1H3,(H,25,26)/t14-,15+/m0/s1. The molecule has 1 N–H and O–H groups in total. The smallest absolute Gasteiger partial charge is 0.221 e. The summed E-state index contributed by atoms with van der Waals surface area (Å²) in [4.78, 5) is 28.4. The first kappa shape index (κ1) is 16.6. The van der Waals surface area contributed by atoms with Gasteiger partial charge in [0.2, 0.25) is 5.91 Å².